The van der Waals surface area contributed by atoms with Crippen LogP contribution in [0.2, 0.25) is 0 Å². The molecule has 3 heteroatoms. The number of hydrogen-bond donors (Lipinski definition) is 1. The number of nitrogens with two attached hydrogens (primary N) is 1. The third kappa shape index (κ3) is 3.72. The van der Waals surface area contributed by atoms with Crippen LogP contribution in [0.5, 0.6) is 0 Å². The fraction of sp³-hybridized carbons (Fsp3) is 1.00. The van der Waals surface area contributed by atoms with Crippen molar-refractivity contribution in [3.8, 4) is 0 Å². The van der Waals surface area contributed by atoms with Crippen molar-refractivity contribution in [3.63, 3.8) is 0 Å². The number of likely N-dealkylation sites (N-methyl/N-ethyl adjacent to an activating group) is 1. The molecule has 0 aromatic carbocycles. The number of nitrogens with zero attached hydrogens (tertiary/aromatic N) is 1. The van der Waals surface area contributed by atoms with E-state index in [9.17, 15) is 0 Å². The van der Waals surface area contributed by atoms with Gasteiger partial charge < -0.3 is 10.5 Å². The van der Waals surface area contributed by atoms with Crippen molar-refractivity contribution in [1.29, 1.82) is 0 Å². The molecule has 0 spiro atoms. The van der Waals surface area contributed by atoms with Gasteiger partial charge in [0.15, 0.2) is 0 Å². The van der Waals surface area contributed by atoms with Gasteiger partial charge in [0, 0.05) is 25.7 Å². The standard InChI is InChI=1S/C13H28N2O/c1-5-15(10-11-7-6-8-16-11)12(9-14)13(2,3)4/h11-12H,5-10,14H2,1-4H3. The normalized spacial score (nSPS) is 24.0. The maximum absolute atomic E-state index is 5.93. The summed E-state index contributed by atoms with van der Waals surface area (Å²) in [6.07, 6.45) is 2.85. The minimum Gasteiger partial charge on any atom is -0.377 e. The largest absolute Gasteiger partial charge is 0.377 e. The Hall–Kier alpha value is -0.120. The van der Waals surface area contributed by atoms with Crippen LogP contribution < -0.4 is 5.73 Å². The number of hydrogen-bond acceptors (Lipinski definition) is 3. The Bertz CT molecular complexity index is 195. The molecule has 1 saturated heterocycles. The van der Waals surface area contributed by atoms with Crippen LogP contribution in [0.25, 0.3) is 0 Å². The van der Waals surface area contributed by atoms with Crippen molar-refractivity contribution < 1.29 is 4.74 Å². The summed E-state index contributed by atoms with van der Waals surface area (Å²) in [6, 6.07) is 0.446. The molecule has 1 rings (SSSR count). The van der Waals surface area contributed by atoms with Crippen LogP contribution in [0.4, 0.5) is 0 Å². The lowest BCUT2D eigenvalue weighted by Crippen LogP contribution is -2.51. The highest BCUT2D eigenvalue weighted by Gasteiger charge is 2.30. The van der Waals surface area contributed by atoms with Crippen LogP contribution in [0, 0.1) is 5.41 Å². The van der Waals surface area contributed by atoms with Crippen LogP contribution in [0.15, 0.2) is 0 Å². The van der Waals surface area contributed by atoms with Crippen LogP contribution in [0.1, 0.15) is 40.5 Å². The fourth-order valence-corrected chi connectivity index (χ4v) is 2.58. The summed E-state index contributed by atoms with van der Waals surface area (Å²) in [4.78, 5) is 2.48. The lowest BCUT2D eigenvalue weighted by molar-refractivity contribution is 0.0343. The van der Waals surface area contributed by atoms with E-state index in [0.29, 0.717) is 12.1 Å². The smallest absolute Gasteiger partial charge is 0.0702 e. The van der Waals surface area contributed by atoms with Crippen LogP contribution in [-0.2, 0) is 4.74 Å². The molecule has 0 amide bonds. The van der Waals surface area contributed by atoms with Crippen molar-refractivity contribution >= 4 is 0 Å². The van der Waals surface area contributed by atoms with E-state index in [0.717, 1.165) is 26.2 Å². The van der Waals surface area contributed by atoms with E-state index in [1.165, 1.54) is 12.8 Å². The SMILES string of the molecule is CCN(CC1CCCO1)C(CN)C(C)(C)C. The number of ether oxygens (including phenoxy) is 1. The summed E-state index contributed by atoms with van der Waals surface area (Å²) >= 11 is 0. The molecule has 96 valence electrons. The van der Waals surface area contributed by atoms with Gasteiger partial charge in [-0.2, -0.15) is 0 Å². The van der Waals surface area contributed by atoms with Crippen molar-refractivity contribution in [2.75, 3.05) is 26.2 Å². The minimum atomic E-state index is 0.239. The summed E-state index contributed by atoms with van der Waals surface area (Å²) in [5.41, 5.74) is 6.17. The summed E-state index contributed by atoms with van der Waals surface area (Å²) in [6.45, 7) is 12.8. The van der Waals surface area contributed by atoms with Crippen molar-refractivity contribution in [3.05, 3.63) is 0 Å². The molecule has 0 aromatic heterocycles. The molecule has 0 aliphatic carbocycles. The Morgan fingerprint density at radius 1 is 1.44 bits per heavy atom. The van der Waals surface area contributed by atoms with Gasteiger partial charge in [0.25, 0.3) is 0 Å². The molecule has 2 atom stereocenters. The van der Waals surface area contributed by atoms with E-state index in [-0.39, 0.29) is 5.41 Å². The summed E-state index contributed by atoms with van der Waals surface area (Å²) < 4.78 is 5.71. The number of rotatable bonds is 5. The Morgan fingerprint density at radius 2 is 2.12 bits per heavy atom. The highest BCUT2D eigenvalue weighted by molar-refractivity contribution is 4.85. The predicted octanol–water partition coefficient (Wildman–Crippen LogP) is 1.86. The topological polar surface area (TPSA) is 38.5 Å². The van der Waals surface area contributed by atoms with Crippen molar-refractivity contribution in [2.45, 2.75) is 52.7 Å². The highest BCUT2D eigenvalue weighted by atomic mass is 16.5. The Morgan fingerprint density at radius 3 is 2.50 bits per heavy atom. The molecule has 2 unspecified atom stereocenters. The molecule has 0 radical (unpaired) electrons. The summed E-state index contributed by atoms with van der Waals surface area (Å²) in [7, 11) is 0. The molecule has 16 heavy (non-hydrogen) atoms. The maximum Gasteiger partial charge on any atom is 0.0702 e. The Kier molecular flexibility index (Phi) is 5.22. The zero-order valence-electron chi connectivity index (χ0n) is 11.3. The van der Waals surface area contributed by atoms with E-state index < -0.39 is 0 Å². The van der Waals surface area contributed by atoms with Gasteiger partial charge in [-0.15, -0.1) is 0 Å². The first-order valence-corrected chi connectivity index (χ1v) is 6.54. The van der Waals surface area contributed by atoms with Crippen molar-refractivity contribution in [2.24, 2.45) is 11.1 Å². The molecular formula is C13H28N2O. The van der Waals surface area contributed by atoms with E-state index >= 15 is 0 Å². The molecule has 2 N–H and O–H groups in total. The molecule has 0 bridgehead atoms. The second-order valence-corrected chi connectivity index (χ2v) is 5.84. The quantitative estimate of drug-likeness (QED) is 0.780. The first kappa shape index (κ1) is 13.9. The third-order valence-corrected chi connectivity index (χ3v) is 3.53. The van der Waals surface area contributed by atoms with Gasteiger partial charge in [0.2, 0.25) is 0 Å². The van der Waals surface area contributed by atoms with E-state index in [2.05, 4.69) is 32.6 Å². The van der Waals surface area contributed by atoms with E-state index in [4.69, 9.17) is 10.5 Å². The van der Waals surface area contributed by atoms with Gasteiger partial charge in [-0.25, -0.2) is 0 Å². The zero-order valence-corrected chi connectivity index (χ0v) is 11.3. The van der Waals surface area contributed by atoms with Gasteiger partial charge in [0.05, 0.1) is 6.10 Å². The zero-order chi connectivity index (χ0) is 12.2. The van der Waals surface area contributed by atoms with Gasteiger partial charge in [-0.05, 0) is 24.8 Å². The van der Waals surface area contributed by atoms with Gasteiger partial charge >= 0.3 is 0 Å². The molecule has 1 aliphatic rings. The average molecular weight is 228 g/mol. The predicted molar refractivity (Wildman–Crippen MR) is 68.5 cm³/mol. The molecular weight excluding hydrogens is 200 g/mol. The molecule has 1 fully saturated rings. The Labute approximate surface area is 100 Å². The lowest BCUT2D eigenvalue weighted by atomic mass is 9.85. The monoisotopic (exact) mass is 228 g/mol. The highest BCUT2D eigenvalue weighted by Crippen LogP contribution is 2.25. The van der Waals surface area contributed by atoms with Gasteiger partial charge in [-0.1, -0.05) is 27.7 Å². The first-order valence-electron chi connectivity index (χ1n) is 6.54. The molecule has 1 aliphatic heterocycles. The second-order valence-electron chi connectivity index (χ2n) is 5.84. The fourth-order valence-electron chi connectivity index (χ4n) is 2.58. The first-order chi connectivity index (χ1) is 7.49. The summed E-state index contributed by atoms with van der Waals surface area (Å²) in [5.74, 6) is 0. The van der Waals surface area contributed by atoms with Crippen LogP contribution in [-0.4, -0.2) is 43.3 Å². The van der Waals surface area contributed by atoms with Crippen LogP contribution in [0.3, 0.4) is 0 Å². The lowest BCUT2D eigenvalue weighted by Gasteiger charge is -2.40. The van der Waals surface area contributed by atoms with E-state index in [1.54, 1.807) is 0 Å². The third-order valence-electron chi connectivity index (χ3n) is 3.53. The van der Waals surface area contributed by atoms with Crippen molar-refractivity contribution in [1.82, 2.24) is 4.90 Å². The molecule has 1 heterocycles. The maximum atomic E-state index is 5.93. The minimum absolute atomic E-state index is 0.239. The average Bonchev–Trinajstić information content (AvgIpc) is 2.67. The molecule has 0 aromatic rings. The molecule has 3 nitrogen and oxygen atoms in total. The van der Waals surface area contributed by atoms with Crippen LogP contribution >= 0.6 is 0 Å². The summed E-state index contributed by atoms with van der Waals surface area (Å²) in [5, 5.41) is 0. The van der Waals surface area contributed by atoms with Gasteiger partial charge in [0.1, 0.15) is 0 Å². The van der Waals surface area contributed by atoms with E-state index in [1.807, 2.05) is 0 Å². The molecule has 0 saturated carbocycles. The van der Waals surface area contributed by atoms with Gasteiger partial charge in [-0.3, -0.25) is 4.90 Å². The second kappa shape index (κ2) is 5.99. The Balaban J connectivity index is 2.56.